The normalized spacial score (nSPS) is 12.3. The number of benzene rings is 1. The smallest absolute Gasteiger partial charge is 0.408 e. The first-order valence-electron chi connectivity index (χ1n) is 9.15. The van der Waals surface area contributed by atoms with Gasteiger partial charge in [0.1, 0.15) is 23.9 Å². The van der Waals surface area contributed by atoms with E-state index in [0.29, 0.717) is 11.1 Å². The topological polar surface area (TPSA) is 108 Å². The van der Waals surface area contributed by atoms with Gasteiger partial charge >= 0.3 is 6.09 Å². The van der Waals surface area contributed by atoms with E-state index in [2.05, 4.69) is 10.6 Å². The first kappa shape index (κ1) is 23.3. The van der Waals surface area contributed by atoms with Gasteiger partial charge in [-0.05, 0) is 47.1 Å². The second-order valence-electron chi connectivity index (χ2n) is 7.94. The Morgan fingerprint density at radius 1 is 1.21 bits per heavy atom. The molecule has 28 heavy (non-hydrogen) atoms. The number of amides is 3. The zero-order chi connectivity index (χ0) is 21.6. The van der Waals surface area contributed by atoms with Gasteiger partial charge in [0.05, 0.1) is 0 Å². The number of likely N-dealkylation sites (N-methyl/N-ethyl adjacent to an activating group) is 1. The summed E-state index contributed by atoms with van der Waals surface area (Å²) in [4.78, 5) is 38.3. The van der Waals surface area contributed by atoms with Crippen molar-refractivity contribution < 1.29 is 24.2 Å². The SMILES string of the molecule is Cc1cccc(C(C(=O)NC(C)C)N(C)C(=O)CNC(=O)OC(C)(C)C)c1O. The highest BCUT2D eigenvalue weighted by Crippen LogP contribution is 2.31. The Kier molecular flexibility index (Phi) is 7.84. The second-order valence-corrected chi connectivity index (χ2v) is 7.94. The van der Waals surface area contributed by atoms with E-state index in [1.807, 2.05) is 0 Å². The fraction of sp³-hybridized carbons (Fsp3) is 0.550. The molecule has 0 aromatic heterocycles. The Morgan fingerprint density at radius 2 is 1.82 bits per heavy atom. The van der Waals surface area contributed by atoms with Crippen LogP contribution >= 0.6 is 0 Å². The van der Waals surface area contributed by atoms with Gasteiger partial charge in [-0.3, -0.25) is 9.59 Å². The molecule has 0 saturated heterocycles. The summed E-state index contributed by atoms with van der Waals surface area (Å²) in [5.41, 5.74) is 0.213. The first-order chi connectivity index (χ1) is 12.8. The van der Waals surface area contributed by atoms with E-state index < -0.39 is 29.6 Å². The molecule has 0 aliphatic rings. The van der Waals surface area contributed by atoms with Crippen molar-refractivity contribution in [2.45, 2.75) is 59.2 Å². The molecule has 0 radical (unpaired) electrons. The van der Waals surface area contributed by atoms with Crippen LogP contribution in [0.25, 0.3) is 0 Å². The van der Waals surface area contributed by atoms with Crippen LogP contribution in [0.15, 0.2) is 18.2 Å². The lowest BCUT2D eigenvalue weighted by molar-refractivity contribution is -0.138. The molecule has 1 aromatic carbocycles. The number of carbonyl (C=O) groups is 3. The Balaban J connectivity index is 3.03. The molecule has 3 N–H and O–H groups in total. The molecule has 0 spiro atoms. The van der Waals surface area contributed by atoms with Crippen LogP contribution in [0.5, 0.6) is 5.75 Å². The van der Waals surface area contributed by atoms with Crippen molar-refractivity contribution in [3.8, 4) is 5.75 Å². The zero-order valence-corrected chi connectivity index (χ0v) is 17.6. The van der Waals surface area contributed by atoms with Gasteiger partial charge in [0.25, 0.3) is 0 Å². The summed E-state index contributed by atoms with van der Waals surface area (Å²) in [6, 6.07) is 3.82. The molecule has 8 heteroatoms. The van der Waals surface area contributed by atoms with Crippen molar-refractivity contribution in [3.05, 3.63) is 29.3 Å². The number of aryl methyl sites for hydroxylation is 1. The number of nitrogens with one attached hydrogen (secondary N) is 2. The third-order valence-corrected chi connectivity index (χ3v) is 3.81. The van der Waals surface area contributed by atoms with E-state index >= 15 is 0 Å². The molecule has 0 aliphatic carbocycles. The molecule has 0 fully saturated rings. The number of aromatic hydroxyl groups is 1. The maximum atomic E-state index is 12.8. The summed E-state index contributed by atoms with van der Waals surface area (Å²) < 4.78 is 5.11. The van der Waals surface area contributed by atoms with E-state index in [0.717, 1.165) is 0 Å². The lowest BCUT2D eigenvalue weighted by atomic mass is 10.00. The van der Waals surface area contributed by atoms with E-state index in [4.69, 9.17) is 4.74 Å². The number of para-hydroxylation sites is 1. The van der Waals surface area contributed by atoms with Crippen LogP contribution in [0.4, 0.5) is 4.79 Å². The standard InChI is InChI=1S/C20H31N3O5/c1-12(2)22-18(26)16(14-10-8-9-13(3)17(14)25)23(7)15(24)11-21-19(27)28-20(4,5)6/h8-10,12,16,25H,11H2,1-7H3,(H,21,27)(H,22,26). The summed E-state index contributed by atoms with van der Waals surface area (Å²) in [5, 5.41) is 15.6. The average molecular weight is 393 g/mol. The third-order valence-electron chi connectivity index (χ3n) is 3.81. The van der Waals surface area contributed by atoms with Crippen LogP contribution in [0.2, 0.25) is 0 Å². The zero-order valence-electron chi connectivity index (χ0n) is 17.6. The molecule has 0 saturated carbocycles. The minimum atomic E-state index is -1.05. The van der Waals surface area contributed by atoms with Gasteiger partial charge in [0, 0.05) is 18.7 Å². The number of hydrogen-bond acceptors (Lipinski definition) is 5. The number of ether oxygens (including phenoxy) is 1. The fourth-order valence-corrected chi connectivity index (χ4v) is 2.52. The minimum absolute atomic E-state index is 0.0499. The lowest BCUT2D eigenvalue weighted by Gasteiger charge is -2.29. The summed E-state index contributed by atoms with van der Waals surface area (Å²) in [5.74, 6) is -0.981. The van der Waals surface area contributed by atoms with Gasteiger partial charge in [-0.25, -0.2) is 4.79 Å². The number of hydrogen-bond donors (Lipinski definition) is 3. The molecule has 1 aromatic rings. The van der Waals surface area contributed by atoms with Crippen molar-refractivity contribution in [2.24, 2.45) is 0 Å². The lowest BCUT2D eigenvalue weighted by Crippen LogP contribution is -2.47. The van der Waals surface area contributed by atoms with Crippen molar-refractivity contribution in [3.63, 3.8) is 0 Å². The highest BCUT2D eigenvalue weighted by molar-refractivity contribution is 5.90. The highest BCUT2D eigenvalue weighted by atomic mass is 16.6. The summed E-state index contributed by atoms with van der Waals surface area (Å²) >= 11 is 0. The van der Waals surface area contributed by atoms with E-state index in [1.165, 1.54) is 11.9 Å². The van der Waals surface area contributed by atoms with Crippen LogP contribution in [-0.2, 0) is 14.3 Å². The van der Waals surface area contributed by atoms with Crippen LogP contribution < -0.4 is 10.6 Å². The number of rotatable bonds is 6. The van der Waals surface area contributed by atoms with Crippen LogP contribution in [0, 0.1) is 6.92 Å². The monoisotopic (exact) mass is 393 g/mol. The third kappa shape index (κ3) is 6.75. The van der Waals surface area contributed by atoms with Gasteiger partial charge in [-0.1, -0.05) is 18.2 Å². The van der Waals surface area contributed by atoms with Gasteiger partial charge in [0.2, 0.25) is 11.8 Å². The quantitative estimate of drug-likeness (QED) is 0.687. The Morgan fingerprint density at radius 3 is 2.36 bits per heavy atom. The molecule has 0 aliphatic heterocycles. The maximum Gasteiger partial charge on any atom is 0.408 e. The van der Waals surface area contributed by atoms with Gasteiger partial charge in [0.15, 0.2) is 0 Å². The Hall–Kier alpha value is -2.77. The number of phenolic OH excluding ortho intramolecular Hbond substituents is 1. The molecule has 3 amide bonds. The fourth-order valence-electron chi connectivity index (χ4n) is 2.52. The van der Waals surface area contributed by atoms with Crippen LogP contribution in [0.1, 0.15) is 51.8 Å². The van der Waals surface area contributed by atoms with Crippen molar-refractivity contribution >= 4 is 17.9 Å². The number of nitrogens with zero attached hydrogens (tertiary/aromatic N) is 1. The molecule has 1 atom stereocenters. The van der Waals surface area contributed by atoms with Gasteiger partial charge < -0.3 is 25.4 Å². The van der Waals surface area contributed by atoms with Crippen LogP contribution in [-0.4, -0.2) is 53.1 Å². The Bertz CT molecular complexity index is 725. The minimum Gasteiger partial charge on any atom is -0.507 e. The Labute approximate surface area is 166 Å². The summed E-state index contributed by atoms with van der Waals surface area (Å²) in [7, 11) is 1.45. The van der Waals surface area contributed by atoms with E-state index in [1.54, 1.807) is 59.7 Å². The molecule has 0 bridgehead atoms. The van der Waals surface area contributed by atoms with Crippen LogP contribution in [0.3, 0.4) is 0 Å². The van der Waals surface area contributed by atoms with Crippen molar-refractivity contribution in [1.82, 2.24) is 15.5 Å². The molecule has 0 heterocycles. The summed E-state index contributed by atoms with van der Waals surface area (Å²) in [6.07, 6.45) is -0.726. The predicted molar refractivity (Wildman–Crippen MR) is 106 cm³/mol. The second kappa shape index (κ2) is 9.43. The van der Waals surface area contributed by atoms with Gasteiger partial charge in [-0.2, -0.15) is 0 Å². The molecule has 1 unspecified atom stereocenters. The van der Waals surface area contributed by atoms with Crippen molar-refractivity contribution in [2.75, 3.05) is 13.6 Å². The number of alkyl carbamates (subject to hydrolysis) is 1. The van der Waals surface area contributed by atoms with Gasteiger partial charge in [-0.15, -0.1) is 0 Å². The molecule has 8 nitrogen and oxygen atoms in total. The highest BCUT2D eigenvalue weighted by Gasteiger charge is 2.31. The summed E-state index contributed by atoms with van der Waals surface area (Å²) in [6.45, 7) is 10.1. The molecular formula is C20H31N3O5. The molecule has 156 valence electrons. The number of phenols is 1. The van der Waals surface area contributed by atoms with E-state index in [9.17, 15) is 19.5 Å². The maximum absolute atomic E-state index is 12.8. The molecule has 1 rings (SSSR count). The van der Waals surface area contributed by atoms with E-state index in [-0.39, 0.29) is 18.3 Å². The molecular weight excluding hydrogens is 362 g/mol. The average Bonchev–Trinajstić information content (AvgIpc) is 2.54. The predicted octanol–water partition coefficient (Wildman–Crippen LogP) is 2.25. The number of carbonyl (C=O) groups excluding carboxylic acids is 3. The largest absolute Gasteiger partial charge is 0.507 e. The van der Waals surface area contributed by atoms with Crippen molar-refractivity contribution in [1.29, 1.82) is 0 Å². The first-order valence-corrected chi connectivity index (χ1v) is 9.15.